The minimum absolute atomic E-state index is 0.288. The Morgan fingerprint density at radius 3 is 2.87 bits per heavy atom. The van der Waals surface area contributed by atoms with Crippen molar-refractivity contribution in [2.45, 2.75) is 0 Å². The van der Waals surface area contributed by atoms with Crippen LogP contribution in [0, 0.1) is 9.39 Å². The molecule has 0 saturated heterocycles. The van der Waals surface area contributed by atoms with Crippen LogP contribution in [0.25, 0.3) is 0 Å². The monoisotopic (exact) mass is 323 g/mol. The van der Waals surface area contributed by atoms with Gasteiger partial charge >= 0.3 is 0 Å². The third kappa shape index (κ3) is 4.13. The number of carbonyl (C=O) groups excluding carboxylic acids is 1. The van der Waals surface area contributed by atoms with E-state index >= 15 is 0 Å². The van der Waals surface area contributed by atoms with E-state index in [0.29, 0.717) is 22.3 Å². The van der Waals surface area contributed by atoms with Gasteiger partial charge in [0.05, 0.1) is 6.61 Å². The van der Waals surface area contributed by atoms with Gasteiger partial charge in [0.2, 0.25) is 0 Å². The number of carbonyl (C=O) groups is 1. The second kappa shape index (κ2) is 6.02. The summed E-state index contributed by atoms with van der Waals surface area (Å²) < 4.78 is 18.5. The van der Waals surface area contributed by atoms with Crippen LogP contribution in [0.3, 0.4) is 0 Å². The van der Waals surface area contributed by atoms with Crippen LogP contribution in [0.15, 0.2) is 18.2 Å². The normalized spacial score (nSPS) is 10.1. The molecule has 1 aromatic rings. The molecule has 15 heavy (non-hydrogen) atoms. The van der Waals surface area contributed by atoms with Gasteiger partial charge in [0, 0.05) is 22.8 Å². The van der Waals surface area contributed by atoms with Crippen molar-refractivity contribution < 1.29 is 13.9 Å². The highest BCUT2D eigenvalue weighted by atomic mass is 127. The van der Waals surface area contributed by atoms with Crippen molar-refractivity contribution in [1.29, 1.82) is 0 Å². The molecule has 0 aliphatic heterocycles. The molecule has 0 heterocycles. The Morgan fingerprint density at radius 1 is 1.53 bits per heavy atom. The number of nitrogens with one attached hydrogen (secondary N) is 1. The van der Waals surface area contributed by atoms with Gasteiger partial charge in [-0.1, -0.05) is 0 Å². The van der Waals surface area contributed by atoms with Gasteiger partial charge in [0.15, 0.2) is 0 Å². The molecule has 1 aromatic carbocycles. The molecule has 0 atom stereocenters. The van der Waals surface area contributed by atoms with E-state index < -0.39 is 5.82 Å². The maximum atomic E-state index is 13.0. The number of halogens is 2. The molecule has 1 amide bonds. The predicted molar refractivity (Wildman–Crippen MR) is 63.3 cm³/mol. The molecule has 0 saturated carbocycles. The van der Waals surface area contributed by atoms with E-state index in [2.05, 4.69) is 5.32 Å². The third-order valence-electron chi connectivity index (χ3n) is 1.72. The third-order valence-corrected chi connectivity index (χ3v) is 2.34. The topological polar surface area (TPSA) is 38.3 Å². The predicted octanol–water partition coefficient (Wildman–Crippen LogP) is 1.81. The molecule has 0 spiro atoms. The summed E-state index contributed by atoms with van der Waals surface area (Å²) in [4.78, 5) is 11.5. The highest BCUT2D eigenvalue weighted by Crippen LogP contribution is 2.11. The zero-order valence-electron chi connectivity index (χ0n) is 8.22. The molecule has 0 fully saturated rings. The van der Waals surface area contributed by atoms with Crippen LogP contribution >= 0.6 is 22.6 Å². The first-order valence-corrected chi connectivity index (χ1v) is 5.44. The maximum absolute atomic E-state index is 13.0. The zero-order chi connectivity index (χ0) is 11.3. The van der Waals surface area contributed by atoms with E-state index in [-0.39, 0.29) is 5.91 Å². The summed E-state index contributed by atoms with van der Waals surface area (Å²) in [5.74, 6) is -0.691. The minimum Gasteiger partial charge on any atom is -0.383 e. The summed E-state index contributed by atoms with van der Waals surface area (Å²) in [5, 5.41) is 2.62. The minimum atomic E-state index is -0.404. The molecule has 82 valence electrons. The van der Waals surface area contributed by atoms with E-state index in [9.17, 15) is 9.18 Å². The van der Waals surface area contributed by atoms with Crippen LogP contribution in [-0.4, -0.2) is 26.2 Å². The summed E-state index contributed by atoms with van der Waals surface area (Å²) in [6, 6.07) is 4.21. The largest absolute Gasteiger partial charge is 0.383 e. The van der Waals surface area contributed by atoms with Crippen molar-refractivity contribution in [3.8, 4) is 0 Å². The van der Waals surface area contributed by atoms with Crippen LogP contribution < -0.4 is 5.32 Å². The van der Waals surface area contributed by atoms with E-state index in [4.69, 9.17) is 4.74 Å². The van der Waals surface area contributed by atoms with Gasteiger partial charge in [-0.25, -0.2) is 4.39 Å². The fraction of sp³-hybridized carbons (Fsp3) is 0.300. The Hall–Kier alpha value is -0.690. The first-order chi connectivity index (χ1) is 7.13. The van der Waals surface area contributed by atoms with Crippen LogP contribution in [0.5, 0.6) is 0 Å². The van der Waals surface area contributed by atoms with E-state index in [0.717, 1.165) is 0 Å². The van der Waals surface area contributed by atoms with Gasteiger partial charge in [-0.05, 0) is 40.8 Å². The second-order valence-corrected chi connectivity index (χ2v) is 4.15. The number of hydrogen-bond donors (Lipinski definition) is 1. The van der Waals surface area contributed by atoms with Crippen molar-refractivity contribution in [2.24, 2.45) is 0 Å². The van der Waals surface area contributed by atoms with Crippen molar-refractivity contribution >= 4 is 28.5 Å². The summed E-state index contributed by atoms with van der Waals surface area (Å²) in [6.45, 7) is 0.862. The van der Waals surface area contributed by atoms with Gasteiger partial charge in [-0.15, -0.1) is 0 Å². The summed E-state index contributed by atoms with van der Waals surface area (Å²) in [7, 11) is 1.55. The second-order valence-electron chi connectivity index (χ2n) is 2.91. The zero-order valence-corrected chi connectivity index (χ0v) is 10.4. The average Bonchev–Trinajstić information content (AvgIpc) is 2.16. The Kier molecular flexibility index (Phi) is 4.97. The van der Waals surface area contributed by atoms with Gasteiger partial charge in [0.1, 0.15) is 5.82 Å². The first kappa shape index (κ1) is 12.4. The quantitative estimate of drug-likeness (QED) is 0.678. The highest BCUT2D eigenvalue weighted by Gasteiger charge is 2.07. The summed E-state index contributed by atoms with van der Waals surface area (Å²) in [6.07, 6.45) is 0. The molecule has 0 radical (unpaired) electrons. The molecular formula is C10H11FINO2. The number of hydrogen-bond acceptors (Lipinski definition) is 2. The van der Waals surface area contributed by atoms with Gasteiger partial charge in [-0.2, -0.15) is 0 Å². The molecule has 1 rings (SSSR count). The molecular weight excluding hydrogens is 312 g/mol. The lowest BCUT2D eigenvalue weighted by Gasteiger charge is -2.04. The lowest BCUT2D eigenvalue weighted by molar-refractivity contribution is 0.0936. The Morgan fingerprint density at radius 2 is 2.27 bits per heavy atom. The van der Waals surface area contributed by atoms with E-state index in [1.165, 1.54) is 12.1 Å². The van der Waals surface area contributed by atoms with Crippen LogP contribution in [0.4, 0.5) is 4.39 Å². The lowest BCUT2D eigenvalue weighted by Crippen LogP contribution is -2.27. The number of ether oxygens (including phenoxy) is 1. The summed E-state index contributed by atoms with van der Waals surface area (Å²) in [5.41, 5.74) is 0.329. The Labute approximate surface area is 101 Å². The first-order valence-electron chi connectivity index (χ1n) is 4.36. The number of benzene rings is 1. The molecule has 5 heteroatoms. The number of amides is 1. The molecule has 3 nitrogen and oxygen atoms in total. The number of rotatable bonds is 4. The van der Waals surface area contributed by atoms with Gasteiger partial charge in [0.25, 0.3) is 5.91 Å². The molecule has 0 aliphatic carbocycles. The van der Waals surface area contributed by atoms with Gasteiger partial charge < -0.3 is 10.1 Å². The van der Waals surface area contributed by atoms with Crippen molar-refractivity contribution in [3.05, 3.63) is 33.1 Å². The molecule has 0 aliphatic rings. The fourth-order valence-electron chi connectivity index (χ4n) is 1.05. The average molecular weight is 323 g/mol. The van der Waals surface area contributed by atoms with Crippen molar-refractivity contribution in [2.75, 3.05) is 20.3 Å². The standard InChI is InChI=1S/C10H11FINO2/c1-15-3-2-13-10(14)7-4-8(11)6-9(12)5-7/h4-6H,2-3H2,1H3,(H,13,14). The van der Waals surface area contributed by atoms with E-state index in [1.54, 1.807) is 13.2 Å². The smallest absolute Gasteiger partial charge is 0.251 e. The SMILES string of the molecule is COCCNC(=O)c1cc(F)cc(I)c1. The van der Waals surface area contributed by atoms with E-state index in [1.807, 2.05) is 22.6 Å². The van der Waals surface area contributed by atoms with Crippen LogP contribution in [0.2, 0.25) is 0 Å². The van der Waals surface area contributed by atoms with Gasteiger partial charge in [-0.3, -0.25) is 4.79 Å². The van der Waals surface area contributed by atoms with Crippen molar-refractivity contribution in [1.82, 2.24) is 5.32 Å². The Bertz CT molecular complexity index is 337. The maximum Gasteiger partial charge on any atom is 0.251 e. The Balaban J connectivity index is 2.65. The fourth-order valence-corrected chi connectivity index (χ4v) is 1.69. The molecule has 0 aromatic heterocycles. The number of methoxy groups -OCH3 is 1. The lowest BCUT2D eigenvalue weighted by atomic mass is 10.2. The molecule has 0 unspecified atom stereocenters. The summed E-state index contributed by atoms with van der Waals surface area (Å²) >= 11 is 1.96. The van der Waals surface area contributed by atoms with Crippen LogP contribution in [0.1, 0.15) is 10.4 Å². The molecule has 1 N–H and O–H groups in total. The van der Waals surface area contributed by atoms with Crippen molar-refractivity contribution in [3.63, 3.8) is 0 Å². The highest BCUT2D eigenvalue weighted by molar-refractivity contribution is 14.1. The van der Waals surface area contributed by atoms with Crippen LogP contribution in [-0.2, 0) is 4.74 Å². The molecule has 0 bridgehead atoms.